The van der Waals surface area contributed by atoms with Crippen molar-refractivity contribution in [2.75, 3.05) is 13.7 Å². The summed E-state index contributed by atoms with van der Waals surface area (Å²) in [5, 5.41) is 3.40. The van der Waals surface area contributed by atoms with E-state index in [1.165, 1.54) is 17.3 Å². The normalized spacial score (nSPS) is 16.7. The Balaban J connectivity index is 1.87. The highest BCUT2D eigenvalue weighted by Crippen LogP contribution is 2.33. The molecular weight excluding hydrogens is 360 g/mol. The predicted molar refractivity (Wildman–Crippen MR) is 111 cm³/mol. The van der Waals surface area contributed by atoms with Crippen molar-refractivity contribution in [3.05, 3.63) is 58.0 Å². The second-order valence-electron chi connectivity index (χ2n) is 6.04. The van der Waals surface area contributed by atoms with Crippen molar-refractivity contribution in [2.45, 2.75) is 20.8 Å². The molecule has 1 N–H and O–H groups in total. The highest BCUT2D eigenvalue weighted by atomic mass is 32.2. The van der Waals surface area contributed by atoms with E-state index in [1.807, 2.05) is 57.2 Å². The molecule has 1 amide bonds. The average molecular weight is 382 g/mol. The van der Waals surface area contributed by atoms with E-state index in [2.05, 4.69) is 10.3 Å². The number of aliphatic imine (C=N–C) groups is 1. The number of aryl methyl sites for hydroxylation is 1. The zero-order chi connectivity index (χ0) is 19.4. The van der Waals surface area contributed by atoms with Gasteiger partial charge in [-0.3, -0.25) is 4.79 Å². The first-order valence-electron chi connectivity index (χ1n) is 8.68. The molecule has 1 saturated heterocycles. The van der Waals surface area contributed by atoms with Crippen molar-refractivity contribution < 1.29 is 14.3 Å². The summed E-state index contributed by atoms with van der Waals surface area (Å²) < 4.78 is 10.9. The molecule has 1 fully saturated rings. The van der Waals surface area contributed by atoms with Gasteiger partial charge in [0.15, 0.2) is 5.17 Å². The molecule has 27 heavy (non-hydrogen) atoms. The quantitative estimate of drug-likeness (QED) is 0.768. The minimum absolute atomic E-state index is 0.167. The summed E-state index contributed by atoms with van der Waals surface area (Å²) in [6, 6.07) is 11.5. The lowest BCUT2D eigenvalue weighted by Gasteiger charge is -2.08. The molecule has 3 rings (SSSR count). The first-order valence-corrected chi connectivity index (χ1v) is 9.50. The molecule has 0 spiro atoms. The van der Waals surface area contributed by atoms with Crippen LogP contribution < -0.4 is 14.8 Å². The summed E-state index contributed by atoms with van der Waals surface area (Å²) in [5.74, 6) is 1.22. The Hall–Kier alpha value is -2.73. The van der Waals surface area contributed by atoms with Crippen LogP contribution >= 0.6 is 11.8 Å². The van der Waals surface area contributed by atoms with E-state index < -0.39 is 0 Å². The second-order valence-corrected chi connectivity index (χ2v) is 7.07. The molecule has 0 aromatic heterocycles. The van der Waals surface area contributed by atoms with Crippen LogP contribution in [0, 0.1) is 13.8 Å². The van der Waals surface area contributed by atoms with Crippen LogP contribution in [0.5, 0.6) is 11.5 Å². The van der Waals surface area contributed by atoms with Crippen molar-refractivity contribution in [1.82, 2.24) is 5.32 Å². The van der Waals surface area contributed by atoms with Gasteiger partial charge >= 0.3 is 0 Å². The van der Waals surface area contributed by atoms with Crippen molar-refractivity contribution in [2.24, 2.45) is 4.99 Å². The maximum absolute atomic E-state index is 12.4. The van der Waals surface area contributed by atoms with E-state index in [9.17, 15) is 4.79 Å². The fraction of sp³-hybridized carbons (Fsp3) is 0.238. The van der Waals surface area contributed by atoms with Crippen LogP contribution in [0.1, 0.15) is 23.6 Å². The number of carbonyl (C=O) groups is 1. The lowest BCUT2D eigenvalue weighted by molar-refractivity contribution is -0.115. The van der Waals surface area contributed by atoms with Gasteiger partial charge in [0.25, 0.3) is 5.91 Å². The molecule has 0 radical (unpaired) electrons. The molecule has 6 heteroatoms. The Kier molecular flexibility index (Phi) is 5.86. The van der Waals surface area contributed by atoms with Crippen molar-refractivity contribution in [3.8, 4) is 11.5 Å². The lowest BCUT2D eigenvalue weighted by Crippen LogP contribution is -2.19. The molecule has 0 aliphatic carbocycles. The Morgan fingerprint density at radius 3 is 2.78 bits per heavy atom. The summed E-state index contributed by atoms with van der Waals surface area (Å²) in [6.07, 6.45) is 1.81. The molecule has 2 aromatic carbocycles. The molecule has 0 atom stereocenters. The van der Waals surface area contributed by atoms with Crippen LogP contribution in [0.15, 0.2) is 46.3 Å². The molecular formula is C21H22N2O3S. The smallest absolute Gasteiger partial charge is 0.264 e. The van der Waals surface area contributed by atoms with Gasteiger partial charge < -0.3 is 14.8 Å². The van der Waals surface area contributed by atoms with Crippen LogP contribution in [-0.4, -0.2) is 24.8 Å². The molecule has 2 aromatic rings. The summed E-state index contributed by atoms with van der Waals surface area (Å²) in [6.45, 7) is 6.58. The molecule has 0 bridgehead atoms. The summed E-state index contributed by atoms with van der Waals surface area (Å²) in [7, 11) is 1.60. The van der Waals surface area contributed by atoms with Gasteiger partial charge in [0, 0.05) is 11.6 Å². The van der Waals surface area contributed by atoms with Gasteiger partial charge in [-0.1, -0.05) is 12.1 Å². The van der Waals surface area contributed by atoms with Gasteiger partial charge in [0.05, 0.1) is 24.3 Å². The minimum Gasteiger partial charge on any atom is -0.496 e. The third-order valence-electron chi connectivity index (χ3n) is 4.25. The number of rotatable bonds is 5. The van der Waals surface area contributed by atoms with Gasteiger partial charge in [-0.25, -0.2) is 4.99 Å². The first-order chi connectivity index (χ1) is 13.0. The van der Waals surface area contributed by atoms with Crippen LogP contribution in [0.2, 0.25) is 0 Å². The number of nitrogens with one attached hydrogen (secondary N) is 1. The highest BCUT2D eigenvalue weighted by Gasteiger charge is 2.24. The largest absolute Gasteiger partial charge is 0.496 e. The van der Waals surface area contributed by atoms with Gasteiger partial charge in [0.2, 0.25) is 0 Å². The van der Waals surface area contributed by atoms with E-state index in [0.717, 1.165) is 22.6 Å². The van der Waals surface area contributed by atoms with Gasteiger partial charge in [0.1, 0.15) is 11.5 Å². The Bertz CT molecular complexity index is 935. The minimum atomic E-state index is -0.167. The summed E-state index contributed by atoms with van der Waals surface area (Å²) in [4.78, 5) is 17.5. The third kappa shape index (κ3) is 4.34. The Labute approximate surface area is 163 Å². The van der Waals surface area contributed by atoms with Crippen molar-refractivity contribution in [1.29, 1.82) is 0 Å². The van der Waals surface area contributed by atoms with Gasteiger partial charge in [-0.2, -0.15) is 0 Å². The molecule has 0 unspecified atom stereocenters. The number of hydrogen-bond donors (Lipinski definition) is 1. The number of thioether (sulfide) groups is 1. The number of carbonyl (C=O) groups excluding carboxylic acids is 1. The summed E-state index contributed by atoms with van der Waals surface area (Å²) >= 11 is 1.32. The zero-order valence-electron chi connectivity index (χ0n) is 15.8. The molecule has 1 aliphatic rings. The van der Waals surface area contributed by atoms with Crippen LogP contribution in [0.25, 0.3) is 6.08 Å². The number of amides is 1. The third-order valence-corrected chi connectivity index (χ3v) is 5.16. The lowest BCUT2D eigenvalue weighted by atomic mass is 10.1. The van der Waals surface area contributed by atoms with E-state index in [-0.39, 0.29) is 5.91 Å². The predicted octanol–water partition coefficient (Wildman–Crippen LogP) is 4.60. The number of amidine groups is 1. The summed E-state index contributed by atoms with van der Waals surface area (Å²) in [5.41, 5.74) is 3.94. The van der Waals surface area contributed by atoms with Crippen LogP contribution in [0.3, 0.4) is 0 Å². The Morgan fingerprint density at radius 1 is 1.22 bits per heavy atom. The number of nitrogens with zero attached hydrogens (tertiary/aromatic N) is 1. The molecule has 0 saturated carbocycles. The first kappa shape index (κ1) is 19.0. The van der Waals surface area contributed by atoms with Crippen LogP contribution in [0.4, 0.5) is 5.69 Å². The Morgan fingerprint density at radius 2 is 2.04 bits per heavy atom. The zero-order valence-corrected chi connectivity index (χ0v) is 16.6. The van der Waals surface area contributed by atoms with E-state index in [4.69, 9.17) is 9.47 Å². The van der Waals surface area contributed by atoms with E-state index in [0.29, 0.717) is 22.4 Å². The van der Waals surface area contributed by atoms with Crippen LogP contribution in [-0.2, 0) is 4.79 Å². The number of ether oxygens (including phenoxy) is 2. The SMILES string of the molecule is CCOc1ccc(/C=C2\SC(=Nc3cccc(C)c3C)NC2=O)c(OC)c1. The van der Waals surface area contributed by atoms with Gasteiger partial charge in [-0.15, -0.1) is 0 Å². The number of benzene rings is 2. The molecule has 140 valence electrons. The van der Waals surface area contributed by atoms with Crippen molar-refractivity contribution in [3.63, 3.8) is 0 Å². The molecule has 5 nitrogen and oxygen atoms in total. The van der Waals surface area contributed by atoms with E-state index in [1.54, 1.807) is 13.2 Å². The standard InChI is InChI=1S/C21H22N2O3S/c1-5-26-16-10-9-15(18(12-16)25-4)11-19-20(24)23-21(27-19)22-17-8-6-7-13(2)14(17)3/h6-12H,5H2,1-4H3,(H,22,23,24)/b19-11-. The average Bonchev–Trinajstić information content (AvgIpc) is 2.99. The second kappa shape index (κ2) is 8.31. The maximum atomic E-state index is 12.4. The maximum Gasteiger partial charge on any atom is 0.264 e. The topological polar surface area (TPSA) is 59.9 Å². The number of hydrogen-bond acceptors (Lipinski definition) is 5. The fourth-order valence-electron chi connectivity index (χ4n) is 2.66. The molecule has 1 heterocycles. The molecule has 1 aliphatic heterocycles. The highest BCUT2D eigenvalue weighted by molar-refractivity contribution is 8.18. The number of methoxy groups -OCH3 is 1. The van der Waals surface area contributed by atoms with Crippen molar-refractivity contribution >= 4 is 34.6 Å². The van der Waals surface area contributed by atoms with E-state index >= 15 is 0 Å². The monoisotopic (exact) mass is 382 g/mol. The van der Waals surface area contributed by atoms with Gasteiger partial charge in [-0.05, 0) is 67.9 Å². The fourth-order valence-corrected chi connectivity index (χ4v) is 3.48.